The van der Waals surface area contributed by atoms with E-state index in [1.165, 1.54) is 0 Å². The van der Waals surface area contributed by atoms with E-state index in [4.69, 9.17) is 16.0 Å². The Morgan fingerprint density at radius 3 is 2.85 bits per heavy atom. The van der Waals surface area contributed by atoms with Crippen LogP contribution in [0.25, 0.3) is 11.0 Å². The lowest BCUT2D eigenvalue weighted by molar-refractivity contribution is -0.127. The van der Waals surface area contributed by atoms with Crippen molar-refractivity contribution in [1.29, 1.82) is 5.26 Å². The van der Waals surface area contributed by atoms with Gasteiger partial charge in [0.1, 0.15) is 23.4 Å². The molecule has 0 unspecified atom stereocenters. The van der Waals surface area contributed by atoms with Gasteiger partial charge in [0.25, 0.3) is 5.91 Å². The summed E-state index contributed by atoms with van der Waals surface area (Å²) in [5.74, 6) is -0.347. The Hall–Kier alpha value is -2.85. The van der Waals surface area contributed by atoms with Crippen molar-refractivity contribution in [2.45, 2.75) is 51.6 Å². The van der Waals surface area contributed by atoms with Crippen molar-refractivity contribution in [3.63, 3.8) is 0 Å². The molecule has 5 rings (SSSR count). The highest BCUT2D eigenvalue weighted by Gasteiger charge is 2.69. The van der Waals surface area contributed by atoms with E-state index in [1.807, 2.05) is 0 Å². The van der Waals surface area contributed by atoms with E-state index < -0.39 is 12.1 Å². The normalized spacial score (nSPS) is 28.4. The van der Waals surface area contributed by atoms with E-state index in [0.717, 1.165) is 12.8 Å². The summed E-state index contributed by atoms with van der Waals surface area (Å²) in [6.07, 6.45) is 2.45. The predicted molar refractivity (Wildman–Crippen MR) is 121 cm³/mol. The second-order valence-corrected chi connectivity index (χ2v) is 10.5. The van der Waals surface area contributed by atoms with Crippen molar-refractivity contribution in [3.8, 4) is 6.07 Å². The van der Waals surface area contributed by atoms with Gasteiger partial charge in [0.15, 0.2) is 5.76 Å². The molecule has 1 saturated heterocycles. The topological polar surface area (TPSA) is 103 Å². The number of amides is 2. The van der Waals surface area contributed by atoms with E-state index in [0.29, 0.717) is 35.4 Å². The molecule has 2 saturated carbocycles. The zero-order chi connectivity index (χ0) is 23.5. The van der Waals surface area contributed by atoms with Gasteiger partial charge in [0.05, 0.1) is 11.1 Å². The summed E-state index contributed by atoms with van der Waals surface area (Å²) in [5.41, 5.74) is 0.460. The van der Waals surface area contributed by atoms with Crippen LogP contribution in [0.1, 0.15) is 50.1 Å². The van der Waals surface area contributed by atoms with Gasteiger partial charge in [-0.05, 0) is 54.7 Å². The number of carbonyl (C=O) groups excluding carboxylic acids is 3. The van der Waals surface area contributed by atoms with Crippen LogP contribution in [0.15, 0.2) is 28.7 Å². The van der Waals surface area contributed by atoms with Gasteiger partial charge in [-0.25, -0.2) is 0 Å². The van der Waals surface area contributed by atoms with E-state index in [2.05, 4.69) is 25.2 Å². The van der Waals surface area contributed by atoms with Crippen LogP contribution in [-0.2, 0) is 9.59 Å². The van der Waals surface area contributed by atoms with Gasteiger partial charge in [0.2, 0.25) is 5.91 Å². The third kappa shape index (κ3) is 3.61. The van der Waals surface area contributed by atoms with E-state index in [-0.39, 0.29) is 46.5 Å². The smallest absolute Gasteiger partial charge is 0.290 e. The zero-order valence-electron chi connectivity index (χ0n) is 18.6. The van der Waals surface area contributed by atoms with Crippen molar-refractivity contribution < 1.29 is 18.8 Å². The fraction of sp³-hybridized carbons (Fsp3) is 0.520. The third-order valence-electron chi connectivity index (χ3n) is 7.88. The summed E-state index contributed by atoms with van der Waals surface area (Å²) in [6.45, 7) is 4.66. The van der Waals surface area contributed by atoms with Crippen molar-refractivity contribution in [2.24, 2.45) is 23.2 Å². The standard InChI is InChI=1S/C25H26ClN3O4/c1-25(2)16-12-29(24(32)20-10-15-17(26)6-4-8-19(15)33-20)22(21(16)25)23(31)28-14(11-27)9-13-5-3-7-18(13)30/h4,6,8,10,13-14,16,21-22H,3,5,7,9,12H2,1-2H3,(H,28,31)/t13-,14-,16-,21-,22-/m0/s1. The molecule has 33 heavy (non-hydrogen) atoms. The number of nitriles is 1. The van der Waals surface area contributed by atoms with Crippen molar-refractivity contribution >= 4 is 40.2 Å². The molecule has 2 heterocycles. The molecule has 0 bridgehead atoms. The second-order valence-electron chi connectivity index (χ2n) is 10.1. The summed E-state index contributed by atoms with van der Waals surface area (Å²) in [6, 6.07) is 7.54. The molecule has 3 fully saturated rings. The Labute approximate surface area is 197 Å². The van der Waals surface area contributed by atoms with Crippen molar-refractivity contribution in [2.75, 3.05) is 6.54 Å². The number of piperidine rings is 1. The number of furan rings is 1. The molecular weight excluding hydrogens is 442 g/mol. The molecule has 2 aromatic rings. The maximum atomic E-state index is 13.4. The Balaban J connectivity index is 1.37. The number of halogens is 1. The number of nitrogens with zero attached hydrogens (tertiary/aromatic N) is 2. The summed E-state index contributed by atoms with van der Waals surface area (Å²) >= 11 is 6.23. The molecular formula is C25H26ClN3O4. The molecule has 1 aromatic heterocycles. The second kappa shape index (κ2) is 7.88. The largest absolute Gasteiger partial charge is 0.451 e. The van der Waals surface area contributed by atoms with Gasteiger partial charge in [-0.2, -0.15) is 5.26 Å². The van der Waals surface area contributed by atoms with Crippen LogP contribution in [0.4, 0.5) is 0 Å². The summed E-state index contributed by atoms with van der Waals surface area (Å²) in [5, 5.41) is 13.6. The Bertz CT molecular complexity index is 1200. The fourth-order valence-electron chi connectivity index (χ4n) is 5.89. The highest BCUT2D eigenvalue weighted by Crippen LogP contribution is 2.65. The molecule has 5 atom stereocenters. The maximum absolute atomic E-state index is 13.4. The van der Waals surface area contributed by atoms with Crippen LogP contribution in [0, 0.1) is 34.5 Å². The quantitative estimate of drug-likeness (QED) is 0.717. The highest BCUT2D eigenvalue weighted by atomic mass is 35.5. The number of likely N-dealkylation sites (tertiary alicyclic amines) is 1. The van der Waals surface area contributed by atoms with Crippen LogP contribution >= 0.6 is 11.6 Å². The van der Waals surface area contributed by atoms with Crippen LogP contribution in [0.3, 0.4) is 0 Å². The molecule has 1 aromatic carbocycles. The van der Waals surface area contributed by atoms with E-state index >= 15 is 0 Å². The molecule has 3 aliphatic rings. The number of nitrogens with one attached hydrogen (secondary N) is 1. The van der Waals surface area contributed by atoms with Crippen LogP contribution in [0.5, 0.6) is 0 Å². The number of Topliss-reactive ketones (excluding diaryl/α,β-unsaturated/α-hetero) is 1. The third-order valence-corrected chi connectivity index (χ3v) is 8.21. The van der Waals surface area contributed by atoms with E-state index in [9.17, 15) is 19.6 Å². The van der Waals surface area contributed by atoms with Gasteiger partial charge in [-0.3, -0.25) is 14.4 Å². The zero-order valence-corrected chi connectivity index (χ0v) is 19.4. The number of benzene rings is 1. The Morgan fingerprint density at radius 1 is 1.39 bits per heavy atom. The molecule has 8 heteroatoms. The first-order valence-electron chi connectivity index (χ1n) is 11.4. The number of fused-ring (bicyclic) bond motifs is 2. The highest BCUT2D eigenvalue weighted by molar-refractivity contribution is 6.35. The number of hydrogen-bond donors (Lipinski definition) is 1. The lowest BCUT2D eigenvalue weighted by Gasteiger charge is -2.30. The first-order valence-corrected chi connectivity index (χ1v) is 11.8. The average Bonchev–Trinajstić information content (AvgIpc) is 3.30. The first-order chi connectivity index (χ1) is 15.7. The molecule has 7 nitrogen and oxygen atoms in total. The minimum atomic E-state index is -0.757. The monoisotopic (exact) mass is 467 g/mol. The predicted octanol–water partition coefficient (Wildman–Crippen LogP) is 3.95. The minimum Gasteiger partial charge on any atom is -0.451 e. The van der Waals surface area contributed by atoms with E-state index in [1.54, 1.807) is 29.2 Å². The van der Waals surface area contributed by atoms with Crippen LogP contribution < -0.4 is 5.32 Å². The molecule has 2 aliphatic carbocycles. The van der Waals surface area contributed by atoms with Gasteiger partial charge < -0.3 is 14.6 Å². The maximum Gasteiger partial charge on any atom is 0.290 e. The van der Waals surface area contributed by atoms with Gasteiger partial charge in [-0.1, -0.05) is 31.5 Å². The van der Waals surface area contributed by atoms with Crippen LogP contribution in [-0.4, -0.2) is 41.1 Å². The molecule has 2 amide bonds. The number of rotatable bonds is 5. The van der Waals surface area contributed by atoms with Crippen LogP contribution in [0.2, 0.25) is 5.02 Å². The lowest BCUT2D eigenvalue weighted by Crippen LogP contribution is -2.52. The van der Waals surface area contributed by atoms with Gasteiger partial charge in [0, 0.05) is 24.3 Å². The van der Waals surface area contributed by atoms with Crippen molar-refractivity contribution in [1.82, 2.24) is 10.2 Å². The lowest BCUT2D eigenvalue weighted by atomic mass is 9.96. The summed E-state index contributed by atoms with van der Waals surface area (Å²) in [4.78, 5) is 40.3. The molecule has 172 valence electrons. The molecule has 1 aliphatic heterocycles. The fourth-order valence-corrected chi connectivity index (χ4v) is 6.11. The SMILES string of the molecule is CC1(C)[C@@H]2[C@@H](C(=O)N[C@H](C#N)C[C@@H]3CCCC3=O)N(C(=O)c3cc4c(Cl)cccc4o3)C[C@@H]21. The number of hydrogen-bond acceptors (Lipinski definition) is 5. The first kappa shape index (κ1) is 22.0. The minimum absolute atomic E-state index is 0.0156. The molecule has 1 N–H and O–H groups in total. The van der Waals surface area contributed by atoms with Gasteiger partial charge >= 0.3 is 0 Å². The number of ketones is 1. The van der Waals surface area contributed by atoms with Gasteiger partial charge in [-0.15, -0.1) is 0 Å². The summed E-state index contributed by atoms with van der Waals surface area (Å²) in [7, 11) is 0. The molecule has 0 radical (unpaired) electrons. The van der Waals surface area contributed by atoms with Crippen molar-refractivity contribution in [3.05, 3.63) is 35.0 Å². The Morgan fingerprint density at radius 2 is 2.18 bits per heavy atom. The summed E-state index contributed by atoms with van der Waals surface area (Å²) < 4.78 is 5.76. The Kier molecular flexibility index (Phi) is 5.24. The number of carbonyl (C=O) groups is 3. The average molecular weight is 468 g/mol. The molecule has 0 spiro atoms.